The molecule has 6 nitrogen and oxygen atoms in total. The van der Waals surface area contributed by atoms with E-state index in [1.807, 2.05) is 11.8 Å². The maximum absolute atomic E-state index is 13.4. The van der Waals surface area contributed by atoms with Crippen LogP contribution in [0.3, 0.4) is 0 Å². The van der Waals surface area contributed by atoms with Crippen molar-refractivity contribution in [2.24, 2.45) is 0 Å². The van der Waals surface area contributed by atoms with Crippen molar-refractivity contribution in [1.82, 2.24) is 15.0 Å². The number of ether oxygens (including phenoxy) is 1. The van der Waals surface area contributed by atoms with Crippen LogP contribution in [0.5, 0.6) is 0 Å². The number of aromatic nitrogens is 3. The normalized spacial score (nSPS) is 15.5. The first-order valence-corrected chi connectivity index (χ1v) is 8.24. The highest BCUT2D eigenvalue weighted by molar-refractivity contribution is 6.32. The molecule has 24 heavy (non-hydrogen) atoms. The molecule has 2 aromatic rings. The van der Waals surface area contributed by atoms with Crippen molar-refractivity contribution in [2.75, 3.05) is 24.7 Å². The summed E-state index contributed by atoms with van der Waals surface area (Å²) in [5, 5.41) is 0.0432. The minimum atomic E-state index is -0.636. The Bertz CT molecular complexity index is 777. The zero-order chi connectivity index (χ0) is 17.1. The average Bonchev–Trinajstić information content (AvgIpc) is 2.60. The van der Waals surface area contributed by atoms with Crippen LogP contribution in [0.4, 0.5) is 10.2 Å². The Morgan fingerprint density at radius 1 is 1.46 bits per heavy atom. The van der Waals surface area contributed by atoms with E-state index < -0.39 is 11.5 Å². The lowest BCUT2D eigenvalue weighted by molar-refractivity contribution is 0.0845. The Morgan fingerprint density at radius 2 is 2.21 bits per heavy atom. The molecule has 1 aliphatic heterocycles. The molecule has 0 aromatic carbocycles. The van der Waals surface area contributed by atoms with Gasteiger partial charge in [-0.2, -0.15) is 4.39 Å². The van der Waals surface area contributed by atoms with Crippen molar-refractivity contribution in [1.29, 1.82) is 0 Å². The zero-order valence-electron chi connectivity index (χ0n) is 13.3. The predicted molar refractivity (Wildman–Crippen MR) is 89.9 cm³/mol. The van der Waals surface area contributed by atoms with E-state index in [9.17, 15) is 9.18 Å². The number of hydrogen-bond donors (Lipinski definition) is 1. The van der Waals surface area contributed by atoms with Gasteiger partial charge in [0.1, 0.15) is 10.8 Å². The lowest BCUT2D eigenvalue weighted by atomic mass is 10.1. The van der Waals surface area contributed by atoms with Gasteiger partial charge in [-0.05, 0) is 25.8 Å². The number of rotatable bonds is 4. The van der Waals surface area contributed by atoms with Crippen LogP contribution in [0, 0.1) is 5.95 Å². The second-order valence-electron chi connectivity index (χ2n) is 5.55. The van der Waals surface area contributed by atoms with E-state index in [0.717, 1.165) is 12.8 Å². The fourth-order valence-corrected chi connectivity index (χ4v) is 3.10. The number of nitrogens with zero attached hydrogens (tertiary/aromatic N) is 3. The molecule has 8 heteroatoms. The molecule has 0 unspecified atom stereocenters. The molecule has 1 N–H and O–H groups in total. The standard InChI is InChI=1S/C16H18ClFN4O2/c1-2-22(11-4-7-24-8-5-11)15-13(17)16(23)21-14(20-15)10-3-6-19-12(18)9-10/h3,6,9,11H,2,4-5,7-8H2,1H3,(H,20,21,23). The Labute approximate surface area is 143 Å². The minimum Gasteiger partial charge on any atom is -0.381 e. The van der Waals surface area contributed by atoms with E-state index >= 15 is 0 Å². The largest absolute Gasteiger partial charge is 0.381 e. The molecule has 0 aliphatic carbocycles. The number of halogens is 2. The van der Waals surface area contributed by atoms with Crippen molar-refractivity contribution in [3.8, 4) is 11.4 Å². The molecule has 1 saturated heterocycles. The second-order valence-corrected chi connectivity index (χ2v) is 5.93. The highest BCUT2D eigenvalue weighted by Crippen LogP contribution is 2.27. The van der Waals surface area contributed by atoms with Gasteiger partial charge in [0.05, 0.1) is 0 Å². The first-order valence-electron chi connectivity index (χ1n) is 7.86. The van der Waals surface area contributed by atoms with Crippen LogP contribution in [-0.2, 0) is 4.74 Å². The van der Waals surface area contributed by atoms with Crippen molar-refractivity contribution in [2.45, 2.75) is 25.8 Å². The third kappa shape index (κ3) is 3.42. The number of aromatic amines is 1. The Morgan fingerprint density at radius 3 is 2.88 bits per heavy atom. The van der Waals surface area contributed by atoms with Gasteiger partial charge in [-0.3, -0.25) is 4.79 Å². The van der Waals surface area contributed by atoms with Crippen molar-refractivity contribution in [3.05, 3.63) is 39.7 Å². The van der Waals surface area contributed by atoms with Gasteiger partial charge in [-0.15, -0.1) is 0 Å². The van der Waals surface area contributed by atoms with Gasteiger partial charge in [-0.25, -0.2) is 9.97 Å². The number of hydrogen-bond acceptors (Lipinski definition) is 5. The molecule has 0 atom stereocenters. The monoisotopic (exact) mass is 352 g/mol. The third-order valence-electron chi connectivity index (χ3n) is 4.09. The van der Waals surface area contributed by atoms with Crippen LogP contribution in [0.1, 0.15) is 19.8 Å². The van der Waals surface area contributed by atoms with Gasteiger partial charge in [0.15, 0.2) is 5.82 Å². The Hall–Kier alpha value is -1.99. The topological polar surface area (TPSA) is 71.1 Å². The lowest BCUT2D eigenvalue weighted by Gasteiger charge is -2.34. The van der Waals surface area contributed by atoms with E-state index in [-0.39, 0.29) is 16.9 Å². The molecule has 128 valence electrons. The van der Waals surface area contributed by atoms with Crippen LogP contribution in [0.2, 0.25) is 5.02 Å². The maximum atomic E-state index is 13.4. The SMILES string of the molecule is CCN(c1nc(-c2ccnc(F)c2)[nH]c(=O)c1Cl)C1CCOCC1. The van der Waals surface area contributed by atoms with E-state index in [4.69, 9.17) is 16.3 Å². The van der Waals surface area contributed by atoms with Crippen LogP contribution in [0.25, 0.3) is 11.4 Å². The van der Waals surface area contributed by atoms with Crippen LogP contribution < -0.4 is 10.5 Å². The van der Waals surface area contributed by atoms with Gasteiger partial charge >= 0.3 is 0 Å². The van der Waals surface area contributed by atoms with Gasteiger partial charge in [-0.1, -0.05) is 11.6 Å². The average molecular weight is 353 g/mol. The molecular weight excluding hydrogens is 335 g/mol. The van der Waals surface area contributed by atoms with E-state index in [1.54, 1.807) is 6.07 Å². The summed E-state index contributed by atoms with van der Waals surface area (Å²) in [4.78, 5) is 24.9. The van der Waals surface area contributed by atoms with Gasteiger partial charge < -0.3 is 14.6 Å². The predicted octanol–water partition coefficient (Wildman–Crippen LogP) is 2.63. The van der Waals surface area contributed by atoms with Crippen molar-refractivity contribution in [3.63, 3.8) is 0 Å². The van der Waals surface area contributed by atoms with Gasteiger partial charge in [0, 0.05) is 43.6 Å². The number of pyridine rings is 1. The number of H-pyrrole nitrogens is 1. The summed E-state index contributed by atoms with van der Waals surface area (Å²) in [7, 11) is 0. The summed E-state index contributed by atoms with van der Waals surface area (Å²) in [6.07, 6.45) is 3.02. The van der Waals surface area contributed by atoms with Crippen LogP contribution >= 0.6 is 11.6 Å². The Kier molecular flexibility index (Phi) is 5.11. The smallest absolute Gasteiger partial charge is 0.272 e. The maximum Gasteiger partial charge on any atom is 0.272 e. The van der Waals surface area contributed by atoms with Crippen molar-refractivity contribution < 1.29 is 9.13 Å². The first-order chi connectivity index (χ1) is 11.6. The quantitative estimate of drug-likeness (QED) is 0.856. The molecule has 0 spiro atoms. The summed E-state index contributed by atoms with van der Waals surface area (Å²) in [5.74, 6) is 0.0525. The molecule has 0 radical (unpaired) electrons. The molecule has 3 heterocycles. The van der Waals surface area contributed by atoms with E-state index in [1.165, 1.54) is 12.3 Å². The molecule has 2 aromatic heterocycles. The molecule has 3 rings (SSSR count). The van der Waals surface area contributed by atoms with Gasteiger partial charge in [0.25, 0.3) is 5.56 Å². The van der Waals surface area contributed by atoms with Crippen molar-refractivity contribution >= 4 is 17.4 Å². The summed E-state index contributed by atoms with van der Waals surface area (Å²) < 4.78 is 18.8. The van der Waals surface area contributed by atoms with E-state index in [2.05, 4.69) is 15.0 Å². The lowest BCUT2D eigenvalue weighted by Crippen LogP contribution is -2.40. The fourth-order valence-electron chi connectivity index (χ4n) is 2.90. The molecule has 1 fully saturated rings. The summed E-state index contributed by atoms with van der Waals surface area (Å²) >= 11 is 6.21. The highest BCUT2D eigenvalue weighted by atomic mass is 35.5. The molecule has 0 saturated carbocycles. The minimum absolute atomic E-state index is 0.0432. The third-order valence-corrected chi connectivity index (χ3v) is 4.43. The Balaban J connectivity index is 2.04. The summed E-state index contributed by atoms with van der Waals surface area (Å²) in [5.41, 5.74) is -0.0000521. The highest BCUT2D eigenvalue weighted by Gasteiger charge is 2.25. The van der Waals surface area contributed by atoms with Crippen LogP contribution in [0.15, 0.2) is 23.1 Å². The molecular formula is C16H18ClFN4O2. The zero-order valence-corrected chi connectivity index (χ0v) is 14.0. The molecule has 0 bridgehead atoms. The van der Waals surface area contributed by atoms with E-state index in [0.29, 0.717) is 31.1 Å². The first kappa shape index (κ1) is 16.9. The van der Waals surface area contributed by atoms with Crippen LogP contribution in [-0.4, -0.2) is 40.8 Å². The second kappa shape index (κ2) is 7.27. The number of nitrogens with one attached hydrogen (secondary N) is 1. The molecule has 1 aliphatic rings. The number of anilines is 1. The molecule has 0 amide bonds. The summed E-state index contributed by atoms with van der Waals surface area (Å²) in [6.45, 7) is 3.99. The summed E-state index contributed by atoms with van der Waals surface area (Å²) in [6, 6.07) is 3.02. The van der Waals surface area contributed by atoms with Gasteiger partial charge in [0.2, 0.25) is 5.95 Å². The fraction of sp³-hybridized carbons (Fsp3) is 0.438.